The minimum absolute atomic E-state index is 0.230. The summed E-state index contributed by atoms with van der Waals surface area (Å²) in [6.45, 7) is 7.06. The molecule has 1 aliphatic heterocycles. The van der Waals surface area contributed by atoms with Crippen LogP contribution in [0.3, 0.4) is 0 Å². The first kappa shape index (κ1) is 13.6. The number of ether oxygens (including phenoxy) is 1. The maximum atomic E-state index is 11.9. The molecule has 0 N–H and O–H groups in total. The molecule has 0 radical (unpaired) electrons. The molecule has 100 valence electrons. The zero-order valence-corrected chi connectivity index (χ0v) is 13.0. The molecule has 0 spiro atoms. The van der Waals surface area contributed by atoms with Crippen LogP contribution in [0.5, 0.6) is 0 Å². The fourth-order valence-corrected chi connectivity index (χ4v) is 2.37. The molecule has 18 heavy (non-hydrogen) atoms. The van der Waals surface area contributed by atoms with Crippen molar-refractivity contribution in [3.8, 4) is 0 Å². The normalized spacial score (nSPS) is 20.2. The number of hydrogen-bond donors (Lipinski definition) is 0. The first-order valence-electron chi connectivity index (χ1n) is 6.03. The lowest BCUT2D eigenvalue weighted by molar-refractivity contribution is 0.0288. The second-order valence-corrected chi connectivity index (χ2v) is 6.75. The molecule has 0 bridgehead atoms. The molecule has 1 aromatic rings. The fraction of sp³-hybridized carbons (Fsp3) is 0.667. The predicted octanol–water partition coefficient (Wildman–Crippen LogP) is 2.67. The van der Waals surface area contributed by atoms with E-state index in [0.29, 0.717) is 6.54 Å². The van der Waals surface area contributed by atoms with Crippen molar-refractivity contribution in [1.29, 1.82) is 0 Å². The van der Waals surface area contributed by atoms with Gasteiger partial charge >= 0.3 is 6.09 Å². The number of nitrogens with zero attached hydrogens (tertiary/aromatic N) is 3. The van der Waals surface area contributed by atoms with Gasteiger partial charge in [-0.3, -0.25) is 4.68 Å². The molecule has 0 saturated carbocycles. The van der Waals surface area contributed by atoms with Crippen LogP contribution in [0.25, 0.3) is 0 Å². The van der Waals surface area contributed by atoms with Crippen LogP contribution in [0, 0.1) is 3.57 Å². The van der Waals surface area contributed by atoms with Gasteiger partial charge < -0.3 is 9.64 Å². The molecule has 1 aromatic heterocycles. The van der Waals surface area contributed by atoms with Gasteiger partial charge in [0.15, 0.2) is 0 Å². The Kier molecular flexibility index (Phi) is 3.84. The Morgan fingerprint density at radius 1 is 1.56 bits per heavy atom. The van der Waals surface area contributed by atoms with Gasteiger partial charge in [-0.2, -0.15) is 5.10 Å². The number of aromatic nitrogens is 2. The summed E-state index contributed by atoms with van der Waals surface area (Å²) in [5.41, 5.74) is -0.434. The molecule has 1 saturated heterocycles. The van der Waals surface area contributed by atoms with E-state index in [1.807, 2.05) is 37.8 Å². The van der Waals surface area contributed by atoms with Gasteiger partial charge in [0.1, 0.15) is 5.60 Å². The number of amides is 1. The first-order chi connectivity index (χ1) is 8.35. The molecule has 0 aromatic carbocycles. The van der Waals surface area contributed by atoms with Crippen LogP contribution < -0.4 is 0 Å². The molecule has 0 unspecified atom stereocenters. The highest BCUT2D eigenvalue weighted by Gasteiger charge is 2.30. The number of carbonyl (C=O) groups excluding carboxylic acids is 1. The van der Waals surface area contributed by atoms with Crippen molar-refractivity contribution >= 4 is 28.7 Å². The summed E-state index contributed by atoms with van der Waals surface area (Å²) in [6.07, 6.45) is 4.53. The minimum atomic E-state index is -0.434. The minimum Gasteiger partial charge on any atom is -0.444 e. The van der Waals surface area contributed by atoms with E-state index in [1.165, 1.54) is 0 Å². The van der Waals surface area contributed by atoms with E-state index in [2.05, 4.69) is 27.7 Å². The maximum absolute atomic E-state index is 11.9. The summed E-state index contributed by atoms with van der Waals surface area (Å²) in [5.74, 6) is 0. The molecule has 2 rings (SSSR count). The Morgan fingerprint density at radius 3 is 2.83 bits per heavy atom. The van der Waals surface area contributed by atoms with Gasteiger partial charge in [-0.1, -0.05) is 0 Å². The first-order valence-corrected chi connectivity index (χ1v) is 7.10. The highest BCUT2D eigenvalue weighted by molar-refractivity contribution is 14.1. The molecule has 1 aliphatic rings. The zero-order chi connectivity index (χ0) is 13.3. The van der Waals surface area contributed by atoms with Crippen molar-refractivity contribution in [2.75, 3.05) is 13.1 Å². The summed E-state index contributed by atoms with van der Waals surface area (Å²) >= 11 is 2.23. The summed E-state index contributed by atoms with van der Waals surface area (Å²) in [6, 6.07) is 0.265. The van der Waals surface area contributed by atoms with Crippen molar-refractivity contribution in [2.24, 2.45) is 0 Å². The van der Waals surface area contributed by atoms with Crippen molar-refractivity contribution in [2.45, 2.75) is 38.8 Å². The third kappa shape index (κ3) is 3.37. The van der Waals surface area contributed by atoms with Gasteiger partial charge in [0.2, 0.25) is 0 Å². The second kappa shape index (κ2) is 5.07. The highest BCUT2D eigenvalue weighted by Crippen LogP contribution is 2.23. The highest BCUT2D eigenvalue weighted by atomic mass is 127. The topological polar surface area (TPSA) is 47.4 Å². The molecule has 1 atom stereocenters. The molecule has 2 heterocycles. The summed E-state index contributed by atoms with van der Waals surface area (Å²) in [4.78, 5) is 13.7. The summed E-state index contributed by atoms with van der Waals surface area (Å²) in [7, 11) is 0. The Bertz CT molecular complexity index is 439. The molecule has 0 aliphatic carbocycles. The van der Waals surface area contributed by atoms with E-state index in [0.717, 1.165) is 16.5 Å². The number of hydrogen-bond acceptors (Lipinski definition) is 3. The molecule has 6 heteroatoms. The summed E-state index contributed by atoms with van der Waals surface area (Å²) < 4.78 is 8.42. The van der Waals surface area contributed by atoms with Crippen LogP contribution in [0.2, 0.25) is 0 Å². The molecule has 1 fully saturated rings. The Balaban J connectivity index is 1.94. The third-order valence-corrected chi connectivity index (χ3v) is 3.32. The van der Waals surface area contributed by atoms with Crippen LogP contribution in [0.1, 0.15) is 33.2 Å². The van der Waals surface area contributed by atoms with Crippen molar-refractivity contribution in [3.05, 3.63) is 16.0 Å². The van der Waals surface area contributed by atoms with Crippen molar-refractivity contribution < 1.29 is 9.53 Å². The average molecular weight is 363 g/mol. The van der Waals surface area contributed by atoms with Gasteiger partial charge in [0.05, 0.1) is 15.8 Å². The number of halogens is 1. The van der Waals surface area contributed by atoms with E-state index >= 15 is 0 Å². The van der Waals surface area contributed by atoms with E-state index in [-0.39, 0.29) is 12.1 Å². The van der Waals surface area contributed by atoms with Crippen LogP contribution in [-0.4, -0.2) is 39.5 Å². The Labute approximate surface area is 121 Å². The van der Waals surface area contributed by atoms with Crippen LogP contribution in [-0.2, 0) is 4.74 Å². The van der Waals surface area contributed by atoms with Crippen LogP contribution >= 0.6 is 22.6 Å². The van der Waals surface area contributed by atoms with E-state index in [1.54, 1.807) is 4.90 Å². The van der Waals surface area contributed by atoms with Crippen molar-refractivity contribution in [1.82, 2.24) is 14.7 Å². The van der Waals surface area contributed by atoms with E-state index < -0.39 is 5.60 Å². The number of carbonyl (C=O) groups is 1. The number of rotatable bonds is 1. The van der Waals surface area contributed by atoms with Crippen LogP contribution in [0.4, 0.5) is 4.79 Å². The zero-order valence-electron chi connectivity index (χ0n) is 10.9. The van der Waals surface area contributed by atoms with Gasteiger partial charge in [0.25, 0.3) is 0 Å². The van der Waals surface area contributed by atoms with Crippen molar-refractivity contribution in [3.63, 3.8) is 0 Å². The molecular weight excluding hydrogens is 345 g/mol. The smallest absolute Gasteiger partial charge is 0.410 e. The standard InChI is InChI=1S/C12H18IN3O2/c1-12(2,3)18-11(17)15-5-4-10(8-15)16-7-9(13)6-14-16/h6-7,10H,4-5,8H2,1-3H3/t10-/m1/s1. The van der Waals surface area contributed by atoms with E-state index in [4.69, 9.17) is 4.74 Å². The predicted molar refractivity (Wildman–Crippen MR) is 76.4 cm³/mol. The van der Waals surface area contributed by atoms with Gasteiger partial charge in [0, 0.05) is 19.3 Å². The second-order valence-electron chi connectivity index (χ2n) is 5.51. The quantitative estimate of drug-likeness (QED) is 0.721. The van der Waals surface area contributed by atoms with Gasteiger partial charge in [-0.15, -0.1) is 0 Å². The lowest BCUT2D eigenvalue weighted by Crippen LogP contribution is -2.35. The average Bonchev–Trinajstić information content (AvgIpc) is 2.82. The SMILES string of the molecule is CC(C)(C)OC(=O)N1CC[C@@H](n2cc(I)cn2)C1. The Hall–Kier alpha value is -0.790. The lowest BCUT2D eigenvalue weighted by Gasteiger charge is -2.24. The molecule has 5 nitrogen and oxygen atoms in total. The molecule has 1 amide bonds. The molecular formula is C12H18IN3O2. The monoisotopic (exact) mass is 363 g/mol. The largest absolute Gasteiger partial charge is 0.444 e. The maximum Gasteiger partial charge on any atom is 0.410 e. The van der Waals surface area contributed by atoms with Crippen LogP contribution in [0.15, 0.2) is 12.4 Å². The van der Waals surface area contributed by atoms with Gasteiger partial charge in [-0.25, -0.2) is 4.79 Å². The number of likely N-dealkylation sites (tertiary alicyclic amines) is 1. The third-order valence-electron chi connectivity index (χ3n) is 2.76. The summed E-state index contributed by atoms with van der Waals surface area (Å²) in [5, 5.41) is 4.30. The van der Waals surface area contributed by atoms with Gasteiger partial charge in [-0.05, 0) is 49.8 Å². The Morgan fingerprint density at radius 2 is 2.28 bits per heavy atom. The fourth-order valence-electron chi connectivity index (χ4n) is 1.96. The lowest BCUT2D eigenvalue weighted by atomic mass is 10.2. The van der Waals surface area contributed by atoms with E-state index in [9.17, 15) is 4.79 Å².